The van der Waals surface area contributed by atoms with E-state index in [4.69, 9.17) is 9.26 Å². The molecule has 0 aliphatic carbocycles. The van der Waals surface area contributed by atoms with Crippen molar-refractivity contribution < 1.29 is 24.0 Å². The fourth-order valence-corrected chi connectivity index (χ4v) is 3.47. The number of benzene rings is 2. The van der Waals surface area contributed by atoms with E-state index < -0.39 is 17.7 Å². The Morgan fingerprint density at radius 3 is 2.45 bits per heavy atom. The molecule has 146 valence electrons. The number of hydrogen-bond acceptors (Lipinski definition) is 6. The quantitative estimate of drug-likeness (QED) is 0.416. The van der Waals surface area contributed by atoms with Gasteiger partial charge in [0.25, 0.3) is 5.78 Å². The number of nitrogens with zero attached hydrogens (tertiary/aromatic N) is 2. The van der Waals surface area contributed by atoms with E-state index in [2.05, 4.69) is 5.16 Å². The lowest BCUT2D eigenvalue weighted by atomic mass is 9.94. The van der Waals surface area contributed by atoms with Crippen LogP contribution in [0.1, 0.15) is 22.9 Å². The summed E-state index contributed by atoms with van der Waals surface area (Å²) < 4.78 is 10.6. The first-order valence-corrected chi connectivity index (χ1v) is 8.95. The normalized spacial score (nSPS) is 18.3. The summed E-state index contributed by atoms with van der Waals surface area (Å²) in [7, 11) is 1.50. The van der Waals surface area contributed by atoms with E-state index in [1.54, 1.807) is 67.6 Å². The van der Waals surface area contributed by atoms with E-state index in [9.17, 15) is 14.7 Å². The second kappa shape index (κ2) is 7.27. The van der Waals surface area contributed by atoms with Crippen LogP contribution in [0.4, 0.5) is 5.82 Å². The Bertz CT molecular complexity index is 1120. The molecule has 1 aliphatic rings. The molecule has 2 aromatic carbocycles. The Morgan fingerprint density at radius 2 is 1.79 bits per heavy atom. The molecule has 7 nitrogen and oxygen atoms in total. The van der Waals surface area contributed by atoms with E-state index in [0.717, 1.165) is 0 Å². The molecule has 1 aromatic heterocycles. The first-order chi connectivity index (χ1) is 14.0. The summed E-state index contributed by atoms with van der Waals surface area (Å²) in [6.45, 7) is 1.69. The van der Waals surface area contributed by atoms with Crippen molar-refractivity contribution >= 4 is 23.3 Å². The van der Waals surface area contributed by atoms with Gasteiger partial charge in [-0.1, -0.05) is 53.7 Å². The Balaban J connectivity index is 1.99. The summed E-state index contributed by atoms with van der Waals surface area (Å²) in [5.41, 5.74) is 0.945. The van der Waals surface area contributed by atoms with Gasteiger partial charge in [0, 0.05) is 17.2 Å². The molecule has 7 heteroatoms. The van der Waals surface area contributed by atoms with Gasteiger partial charge in [0.15, 0.2) is 5.82 Å². The highest BCUT2D eigenvalue weighted by molar-refractivity contribution is 6.51. The largest absolute Gasteiger partial charge is 0.507 e. The number of aryl methyl sites for hydroxylation is 1. The van der Waals surface area contributed by atoms with E-state index in [0.29, 0.717) is 22.6 Å². The number of carbonyl (C=O) groups is 2. The summed E-state index contributed by atoms with van der Waals surface area (Å²) in [4.78, 5) is 27.2. The molecule has 2 heterocycles. The number of amides is 1. The van der Waals surface area contributed by atoms with Crippen molar-refractivity contribution in [3.63, 3.8) is 0 Å². The zero-order valence-corrected chi connectivity index (χ0v) is 15.8. The van der Waals surface area contributed by atoms with Gasteiger partial charge >= 0.3 is 5.91 Å². The maximum absolute atomic E-state index is 13.0. The monoisotopic (exact) mass is 390 g/mol. The fraction of sp³-hybridized carbons (Fsp3) is 0.136. The van der Waals surface area contributed by atoms with Crippen LogP contribution in [0.5, 0.6) is 5.75 Å². The Labute approximate surface area is 166 Å². The average Bonchev–Trinajstić information content (AvgIpc) is 3.29. The van der Waals surface area contributed by atoms with Crippen LogP contribution in [0.25, 0.3) is 5.76 Å². The summed E-state index contributed by atoms with van der Waals surface area (Å²) >= 11 is 0. The number of methoxy groups -OCH3 is 1. The molecule has 0 spiro atoms. The highest BCUT2D eigenvalue weighted by Crippen LogP contribution is 2.44. The third kappa shape index (κ3) is 3.06. The van der Waals surface area contributed by atoms with Gasteiger partial charge in [-0.05, 0) is 13.0 Å². The first-order valence-electron chi connectivity index (χ1n) is 8.95. The third-order valence-electron chi connectivity index (χ3n) is 4.79. The molecule has 3 aromatic rings. The van der Waals surface area contributed by atoms with Gasteiger partial charge in [0.05, 0.1) is 12.7 Å². The number of carbonyl (C=O) groups excluding carboxylic acids is 2. The van der Waals surface area contributed by atoms with Crippen molar-refractivity contribution in [1.82, 2.24) is 5.16 Å². The molecular weight excluding hydrogens is 372 g/mol. The van der Waals surface area contributed by atoms with Gasteiger partial charge in [-0.3, -0.25) is 14.5 Å². The predicted molar refractivity (Wildman–Crippen MR) is 105 cm³/mol. The summed E-state index contributed by atoms with van der Waals surface area (Å²) in [6.07, 6.45) is 0. The number of ketones is 1. The van der Waals surface area contributed by atoms with E-state index in [1.807, 2.05) is 0 Å². The number of para-hydroxylation sites is 1. The number of ether oxygens (including phenoxy) is 1. The molecule has 0 bridgehead atoms. The number of Topliss-reactive ketones (excluding diaryl/α,β-unsaturated/α-hetero) is 1. The van der Waals surface area contributed by atoms with Crippen molar-refractivity contribution in [2.24, 2.45) is 0 Å². The summed E-state index contributed by atoms with van der Waals surface area (Å²) in [5, 5.41) is 14.9. The fourth-order valence-electron chi connectivity index (χ4n) is 3.47. The molecule has 1 fully saturated rings. The van der Waals surface area contributed by atoms with Gasteiger partial charge in [-0.25, -0.2) is 0 Å². The van der Waals surface area contributed by atoms with Gasteiger partial charge in [0.1, 0.15) is 23.3 Å². The maximum atomic E-state index is 13.0. The first kappa shape index (κ1) is 18.5. The van der Waals surface area contributed by atoms with Crippen LogP contribution in [0.2, 0.25) is 0 Å². The van der Waals surface area contributed by atoms with Gasteiger partial charge in [0.2, 0.25) is 0 Å². The highest BCUT2D eigenvalue weighted by Gasteiger charge is 2.48. The lowest BCUT2D eigenvalue weighted by molar-refractivity contribution is -0.132. The van der Waals surface area contributed by atoms with Crippen LogP contribution in [0.3, 0.4) is 0 Å². The van der Waals surface area contributed by atoms with Crippen LogP contribution in [0.15, 0.2) is 70.8 Å². The number of anilines is 1. The smallest absolute Gasteiger partial charge is 0.301 e. The minimum absolute atomic E-state index is 0.0358. The van der Waals surface area contributed by atoms with Crippen LogP contribution in [-0.2, 0) is 9.59 Å². The van der Waals surface area contributed by atoms with Gasteiger partial charge in [-0.15, -0.1) is 0 Å². The SMILES string of the molecule is COc1ccccc1C1/C(=C(\O)c2ccccc2)C(=O)C(=O)N1c1cc(C)on1. The number of hydrogen-bond donors (Lipinski definition) is 1. The second-order valence-corrected chi connectivity index (χ2v) is 6.57. The summed E-state index contributed by atoms with van der Waals surface area (Å²) in [6, 6.07) is 16.3. The standard InChI is InChI=1S/C22H18N2O5/c1-13-12-17(23-29-13)24-19(15-10-6-7-11-16(15)28-2)18(21(26)22(24)27)20(25)14-8-4-3-5-9-14/h3-12,19,25H,1-2H3/b20-18+. The molecule has 0 radical (unpaired) electrons. The maximum Gasteiger partial charge on any atom is 0.301 e. The molecule has 1 N–H and O–H groups in total. The predicted octanol–water partition coefficient (Wildman–Crippen LogP) is 3.62. The molecule has 1 atom stereocenters. The van der Waals surface area contributed by atoms with Crippen molar-refractivity contribution in [3.8, 4) is 5.75 Å². The minimum Gasteiger partial charge on any atom is -0.507 e. The topological polar surface area (TPSA) is 92.9 Å². The lowest BCUT2D eigenvalue weighted by Gasteiger charge is -2.24. The molecule has 1 saturated heterocycles. The van der Waals surface area contributed by atoms with E-state index in [1.165, 1.54) is 12.0 Å². The summed E-state index contributed by atoms with van der Waals surface area (Å²) in [5.74, 6) is -0.711. The van der Waals surface area contributed by atoms with Crippen molar-refractivity contribution in [3.05, 3.63) is 83.1 Å². The molecule has 1 amide bonds. The Kier molecular flexibility index (Phi) is 4.64. The molecule has 4 rings (SSSR count). The van der Waals surface area contributed by atoms with Crippen molar-refractivity contribution in [2.45, 2.75) is 13.0 Å². The van der Waals surface area contributed by atoms with Crippen LogP contribution >= 0.6 is 0 Å². The molecule has 1 unspecified atom stereocenters. The Hall–Kier alpha value is -3.87. The van der Waals surface area contributed by atoms with Crippen molar-refractivity contribution in [2.75, 3.05) is 12.0 Å². The highest BCUT2D eigenvalue weighted by atomic mass is 16.5. The van der Waals surface area contributed by atoms with E-state index in [-0.39, 0.29) is 17.2 Å². The molecular formula is C22H18N2O5. The molecule has 0 saturated carbocycles. The van der Waals surface area contributed by atoms with E-state index >= 15 is 0 Å². The number of aliphatic hydroxyl groups excluding tert-OH is 1. The van der Waals surface area contributed by atoms with Crippen LogP contribution in [-0.4, -0.2) is 29.1 Å². The van der Waals surface area contributed by atoms with Crippen LogP contribution < -0.4 is 9.64 Å². The van der Waals surface area contributed by atoms with Crippen molar-refractivity contribution in [1.29, 1.82) is 0 Å². The number of rotatable bonds is 4. The zero-order valence-electron chi connectivity index (χ0n) is 15.8. The third-order valence-corrected chi connectivity index (χ3v) is 4.79. The number of aromatic nitrogens is 1. The van der Waals surface area contributed by atoms with Crippen LogP contribution in [0, 0.1) is 6.92 Å². The Morgan fingerprint density at radius 1 is 1.10 bits per heavy atom. The zero-order chi connectivity index (χ0) is 20.5. The molecule has 29 heavy (non-hydrogen) atoms. The number of aliphatic hydroxyl groups is 1. The lowest BCUT2D eigenvalue weighted by Crippen LogP contribution is -2.29. The average molecular weight is 390 g/mol. The van der Waals surface area contributed by atoms with Gasteiger partial charge < -0.3 is 14.4 Å². The molecule has 1 aliphatic heterocycles. The minimum atomic E-state index is -0.921. The second-order valence-electron chi connectivity index (χ2n) is 6.57. The van der Waals surface area contributed by atoms with Gasteiger partial charge in [-0.2, -0.15) is 0 Å².